The van der Waals surface area contributed by atoms with Gasteiger partial charge >= 0.3 is 0 Å². The van der Waals surface area contributed by atoms with E-state index in [1.807, 2.05) is 46.8 Å². The number of benzene rings is 1. The number of hydrogen-bond acceptors (Lipinski definition) is 5. The minimum atomic E-state index is -1.18. The fraction of sp³-hybridized carbons (Fsp3) is 0.345. The zero-order valence-electron chi connectivity index (χ0n) is 22.9. The third-order valence-electron chi connectivity index (χ3n) is 6.17. The van der Waals surface area contributed by atoms with Gasteiger partial charge in [0.15, 0.2) is 0 Å². The number of pyridine rings is 2. The van der Waals surface area contributed by atoms with Crippen LogP contribution in [0.3, 0.4) is 0 Å². The van der Waals surface area contributed by atoms with Gasteiger partial charge in [-0.1, -0.05) is 11.6 Å². The molecule has 200 valence electrons. The van der Waals surface area contributed by atoms with Gasteiger partial charge in [-0.3, -0.25) is 9.59 Å². The van der Waals surface area contributed by atoms with E-state index in [1.165, 1.54) is 4.57 Å². The van der Waals surface area contributed by atoms with E-state index in [2.05, 4.69) is 15.3 Å². The lowest BCUT2D eigenvalue weighted by Crippen LogP contribution is -2.40. The highest BCUT2D eigenvalue weighted by molar-refractivity contribution is 6.30. The Morgan fingerprint density at radius 1 is 1.08 bits per heavy atom. The summed E-state index contributed by atoms with van der Waals surface area (Å²) in [4.78, 5) is 33.6. The molecule has 3 aromatic heterocycles. The van der Waals surface area contributed by atoms with Gasteiger partial charge in [0, 0.05) is 52.1 Å². The molecule has 0 radical (unpaired) electrons. The summed E-state index contributed by atoms with van der Waals surface area (Å²) in [5, 5.41) is 14.8. The number of aromatic nitrogens is 3. The number of nitrogens with one attached hydrogen (secondary N) is 2. The molecule has 0 bridgehead atoms. The molecule has 3 N–H and O–H groups in total. The molecule has 1 aromatic carbocycles. The second-order valence-corrected chi connectivity index (χ2v) is 11.7. The molecule has 0 aliphatic rings. The molecule has 8 nitrogen and oxygen atoms in total. The van der Waals surface area contributed by atoms with Crippen molar-refractivity contribution < 1.29 is 14.6 Å². The van der Waals surface area contributed by atoms with E-state index in [1.54, 1.807) is 45.4 Å². The fourth-order valence-corrected chi connectivity index (χ4v) is 4.62. The molecule has 0 saturated carbocycles. The first-order chi connectivity index (χ1) is 17.5. The number of aromatic amines is 1. The van der Waals surface area contributed by atoms with Gasteiger partial charge in [0.05, 0.1) is 5.60 Å². The van der Waals surface area contributed by atoms with E-state index in [4.69, 9.17) is 16.3 Å². The first-order valence-electron chi connectivity index (χ1n) is 12.3. The Labute approximate surface area is 226 Å². The summed E-state index contributed by atoms with van der Waals surface area (Å²) in [5.74, 6) is 0.571. The summed E-state index contributed by atoms with van der Waals surface area (Å²) < 4.78 is 7.80. The lowest BCUT2D eigenvalue weighted by atomic mass is 9.96. The van der Waals surface area contributed by atoms with Gasteiger partial charge in [-0.05, 0) is 83.9 Å². The average Bonchev–Trinajstić information content (AvgIpc) is 3.23. The van der Waals surface area contributed by atoms with Crippen molar-refractivity contribution in [1.82, 2.24) is 19.9 Å². The normalized spacial score (nSPS) is 12.2. The summed E-state index contributed by atoms with van der Waals surface area (Å²) in [6.45, 7) is 12.8. The van der Waals surface area contributed by atoms with E-state index in [0.29, 0.717) is 32.8 Å². The molecular formula is C29H33ClN4O4. The van der Waals surface area contributed by atoms with Gasteiger partial charge in [0.1, 0.15) is 17.0 Å². The van der Waals surface area contributed by atoms with Crippen molar-refractivity contribution in [3.05, 3.63) is 74.4 Å². The van der Waals surface area contributed by atoms with Crippen LogP contribution in [0.4, 0.5) is 0 Å². The average molecular weight is 537 g/mol. The van der Waals surface area contributed by atoms with Gasteiger partial charge in [0.2, 0.25) is 5.88 Å². The lowest BCUT2D eigenvalue weighted by molar-refractivity contribution is 0.0781. The van der Waals surface area contributed by atoms with Gasteiger partial charge < -0.3 is 24.7 Å². The SMILES string of the molecule is Cc1cc(Cl)cc(C)c1Oc1ncc(C(C)(C)O)cc1-c1cn(C)c(=O)c2[nH]c(C(=O)NC(C)(C)C)cc12. The second kappa shape index (κ2) is 9.60. The third-order valence-corrected chi connectivity index (χ3v) is 6.39. The largest absolute Gasteiger partial charge is 0.438 e. The van der Waals surface area contributed by atoms with Crippen LogP contribution in [0, 0.1) is 13.8 Å². The molecule has 0 unspecified atom stereocenters. The molecule has 0 fully saturated rings. The quantitative estimate of drug-likeness (QED) is 0.301. The molecule has 4 aromatic rings. The Morgan fingerprint density at radius 2 is 1.71 bits per heavy atom. The van der Waals surface area contributed by atoms with E-state index < -0.39 is 11.1 Å². The van der Waals surface area contributed by atoms with Crippen LogP contribution >= 0.6 is 11.6 Å². The van der Waals surface area contributed by atoms with Gasteiger partial charge in [-0.2, -0.15) is 0 Å². The van der Waals surface area contributed by atoms with Crippen LogP contribution in [0.1, 0.15) is 61.8 Å². The van der Waals surface area contributed by atoms with Crippen molar-refractivity contribution in [3.8, 4) is 22.8 Å². The number of amides is 1. The number of fused-ring (bicyclic) bond motifs is 1. The predicted molar refractivity (Wildman–Crippen MR) is 150 cm³/mol. The maximum atomic E-state index is 13.1. The van der Waals surface area contributed by atoms with Crippen molar-refractivity contribution in [2.24, 2.45) is 7.05 Å². The smallest absolute Gasteiger partial charge is 0.274 e. The summed E-state index contributed by atoms with van der Waals surface area (Å²) in [7, 11) is 1.64. The van der Waals surface area contributed by atoms with Crippen molar-refractivity contribution in [2.75, 3.05) is 0 Å². The Kier molecular flexibility index (Phi) is 6.93. The Balaban J connectivity index is 1.98. The molecule has 4 rings (SSSR count). The molecule has 0 aliphatic carbocycles. The first-order valence-corrected chi connectivity index (χ1v) is 12.7. The molecule has 0 spiro atoms. The van der Waals surface area contributed by atoms with Crippen molar-refractivity contribution >= 4 is 28.4 Å². The number of aliphatic hydroxyl groups is 1. The lowest BCUT2D eigenvalue weighted by Gasteiger charge is -2.21. The number of hydrogen-bond donors (Lipinski definition) is 3. The van der Waals surface area contributed by atoms with Crippen molar-refractivity contribution in [1.29, 1.82) is 0 Å². The number of H-pyrrole nitrogens is 1. The van der Waals surface area contributed by atoms with Crippen LogP contribution in [0.2, 0.25) is 5.02 Å². The monoisotopic (exact) mass is 536 g/mol. The van der Waals surface area contributed by atoms with E-state index in [0.717, 1.165) is 11.1 Å². The zero-order valence-corrected chi connectivity index (χ0v) is 23.7. The number of rotatable bonds is 5. The van der Waals surface area contributed by atoms with Crippen LogP contribution in [0.5, 0.6) is 11.6 Å². The van der Waals surface area contributed by atoms with Crippen LogP contribution in [-0.2, 0) is 12.6 Å². The summed E-state index contributed by atoms with van der Waals surface area (Å²) in [6.07, 6.45) is 3.25. The molecule has 3 heterocycles. The highest BCUT2D eigenvalue weighted by Crippen LogP contribution is 2.39. The summed E-state index contributed by atoms with van der Waals surface area (Å²) in [5.41, 5.74) is 2.03. The Morgan fingerprint density at radius 3 is 2.29 bits per heavy atom. The zero-order chi connectivity index (χ0) is 28.2. The maximum absolute atomic E-state index is 13.1. The van der Waals surface area contributed by atoms with Gasteiger partial charge in [-0.15, -0.1) is 0 Å². The predicted octanol–water partition coefficient (Wildman–Crippen LogP) is 5.75. The minimum Gasteiger partial charge on any atom is -0.438 e. The number of nitrogens with zero attached hydrogens (tertiary/aromatic N) is 2. The van der Waals surface area contributed by atoms with Gasteiger partial charge in [-0.25, -0.2) is 4.98 Å². The molecule has 0 saturated heterocycles. The van der Waals surface area contributed by atoms with Crippen LogP contribution in [0.25, 0.3) is 22.0 Å². The Hall–Kier alpha value is -3.62. The molecule has 9 heteroatoms. The second-order valence-electron chi connectivity index (χ2n) is 11.2. The van der Waals surface area contributed by atoms with E-state index in [9.17, 15) is 14.7 Å². The van der Waals surface area contributed by atoms with Crippen LogP contribution < -0.4 is 15.6 Å². The van der Waals surface area contributed by atoms with Crippen LogP contribution in [-0.4, -0.2) is 31.1 Å². The molecule has 0 atom stereocenters. The Bertz CT molecular complexity index is 1600. The number of carbonyl (C=O) groups excluding carboxylic acids is 1. The van der Waals surface area contributed by atoms with Gasteiger partial charge in [0.25, 0.3) is 11.5 Å². The first kappa shape index (κ1) is 27.4. The summed E-state index contributed by atoms with van der Waals surface area (Å²) in [6, 6.07) is 7.08. The van der Waals surface area contributed by atoms with Crippen LogP contribution in [0.15, 0.2) is 41.5 Å². The molecule has 1 amide bonds. The van der Waals surface area contributed by atoms with E-state index >= 15 is 0 Å². The molecular weight excluding hydrogens is 504 g/mol. The van der Waals surface area contributed by atoms with Crippen molar-refractivity contribution in [2.45, 2.75) is 59.6 Å². The van der Waals surface area contributed by atoms with E-state index in [-0.39, 0.29) is 28.6 Å². The third kappa shape index (κ3) is 5.47. The minimum absolute atomic E-state index is 0.262. The highest BCUT2D eigenvalue weighted by atomic mass is 35.5. The summed E-state index contributed by atoms with van der Waals surface area (Å²) >= 11 is 6.22. The topological polar surface area (TPSA) is 109 Å². The van der Waals surface area contributed by atoms with Crippen molar-refractivity contribution in [3.63, 3.8) is 0 Å². The number of aryl methyl sites for hydroxylation is 3. The maximum Gasteiger partial charge on any atom is 0.274 e. The molecule has 0 aliphatic heterocycles. The molecule has 38 heavy (non-hydrogen) atoms. The number of carbonyl (C=O) groups is 1. The highest BCUT2D eigenvalue weighted by Gasteiger charge is 2.25. The number of halogens is 1. The standard InChI is InChI=1S/C29H33ClN4O4/c1-15-9-18(30)10-16(2)24(15)38-26-20(11-17(13-31-26)29(6,7)37)21-14-34(8)27(36)23-19(21)12-22(32-23)25(35)33-28(3,4)5/h9-14,32,37H,1-8H3,(H,33,35). The fourth-order valence-electron chi connectivity index (χ4n) is 4.29. The number of ether oxygens (including phenoxy) is 1.